The van der Waals surface area contributed by atoms with E-state index in [1.807, 2.05) is 0 Å². The van der Waals surface area contributed by atoms with E-state index in [9.17, 15) is 0 Å². The zero-order valence-corrected chi connectivity index (χ0v) is 11.7. The smallest absolute Gasteiger partial charge is 0.0396 e. The molecule has 0 radical (unpaired) electrons. The Hall–Kier alpha value is -1.02. The topological polar surface area (TPSA) is 29.3 Å². The molecule has 2 heteroatoms. The predicted molar refractivity (Wildman–Crippen MR) is 79.0 cm³/mol. The Labute approximate surface area is 111 Å². The van der Waals surface area contributed by atoms with Crippen LogP contribution in [0.25, 0.3) is 0 Å². The molecule has 0 aromatic heterocycles. The second-order valence-corrected chi connectivity index (χ2v) is 5.84. The summed E-state index contributed by atoms with van der Waals surface area (Å²) in [5.74, 6) is 0.887. The molecule has 2 rings (SSSR count). The van der Waals surface area contributed by atoms with Crippen molar-refractivity contribution in [2.45, 2.75) is 45.1 Å². The first-order valence-corrected chi connectivity index (χ1v) is 7.21. The summed E-state index contributed by atoms with van der Waals surface area (Å²) < 4.78 is 0. The second kappa shape index (κ2) is 6.24. The fourth-order valence-corrected chi connectivity index (χ4v) is 3.08. The van der Waals surface area contributed by atoms with Crippen molar-refractivity contribution in [1.82, 2.24) is 0 Å². The van der Waals surface area contributed by atoms with Gasteiger partial charge < -0.3 is 10.6 Å². The molecule has 1 fully saturated rings. The number of nitrogens with zero attached hydrogens (tertiary/aromatic N) is 1. The fraction of sp³-hybridized carbons (Fsp3) is 0.625. The molecule has 1 atom stereocenters. The van der Waals surface area contributed by atoms with Gasteiger partial charge in [-0.1, -0.05) is 31.0 Å². The van der Waals surface area contributed by atoms with Crippen molar-refractivity contribution in [3.05, 3.63) is 29.8 Å². The molecule has 1 aromatic rings. The molecule has 0 aliphatic heterocycles. The van der Waals surface area contributed by atoms with Gasteiger partial charge in [-0.05, 0) is 43.7 Å². The largest absolute Gasteiger partial charge is 0.374 e. The molecule has 100 valence electrons. The molecule has 0 bridgehead atoms. The molecule has 18 heavy (non-hydrogen) atoms. The molecule has 0 amide bonds. The van der Waals surface area contributed by atoms with Crippen LogP contribution in [0.15, 0.2) is 24.3 Å². The predicted octanol–water partition coefficient (Wildman–Crippen LogP) is 3.20. The highest BCUT2D eigenvalue weighted by molar-refractivity contribution is 5.53. The Balaban J connectivity index is 2.05. The maximum absolute atomic E-state index is 5.94. The molecule has 1 unspecified atom stereocenters. The van der Waals surface area contributed by atoms with Crippen molar-refractivity contribution in [3.8, 4) is 0 Å². The lowest BCUT2D eigenvalue weighted by Crippen LogP contribution is -2.26. The highest BCUT2D eigenvalue weighted by Crippen LogP contribution is 2.28. The zero-order chi connectivity index (χ0) is 13.0. The van der Waals surface area contributed by atoms with E-state index in [1.54, 1.807) is 0 Å². The summed E-state index contributed by atoms with van der Waals surface area (Å²) >= 11 is 0. The van der Waals surface area contributed by atoms with Crippen LogP contribution in [0.4, 0.5) is 5.69 Å². The van der Waals surface area contributed by atoms with Crippen LogP contribution < -0.4 is 10.6 Å². The van der Waals surface area contributed by atoms with E-state index in [0.717, 1.165) is 12.3 Å². The summed E-state index contributed by atoms with van der Waals surface area (Å²) in [5, 5.41) is 0. The summed E-state index contributed by atoms with van der Waals surface area (Å²) in [6.07, 6.45) is 6.60. The molecule has 1 aliphatic carbocycles. The SMILES string of the molecule is CC(N)Cc1ccccc1N(C)CC1CCCC1. The molecular formula is C16H26N2. The van der Waals surface area contributed by atoms with Crippen molar-refractivity contribution in [3.63, 3.8) is 0 Å². The van der Waals surface area contributed by atoms with Crippen LogP contribution in [0.1, 0.15) is 38.2 Å². The maximum Gasteiger partial charge on any atom is 0.0396 e. The van der Waals surface area contributed by atoms with Crippen LogP contribution in [-0.2, 0) is 6.42 Å². The van der Waals surface area contributed by atoms with E-state index in [2.05, 4.69) is 43.1 Å². The number of anilines is 1. The first-order chi connectivity index (χ1) is 8.66. The summed E-state index contributed by atoms with van der Waals surface area (Å²) in [6.45, 7) is 3.27. The van der Waals surface area contributed by atoms with E-state index in [4.69, 9.17) is 5.73 Å². The van der Waals surface area contributed by atoms with Gasteiger partial charge in [-0.25, -0.2) is 0 Å². The fourth-order valence-electron chi connectivity index (χ4n) is 3.08. The van der Waals surface area contributed by atoms with Gasteiger partial charge in [0.15, 0.2) is 0 Å². The summed E-state index contributed by atoms with van der Waals surface area (Å²) in [4.78, 5) is 2.42. The first-order valence-electron chi connectivity index (χ1n) is 7.21. The third-order valence-electron chi connectivity index (χ3n) is 3.95. The van der Waals surface area contributed by atoms with Crippen molar-refractivity contribution >= 4 is 5.69 Å². The monoisotopic (exact) mass is 246 g/mol. The molecule has 1 saturated carbocycles. The van der Waals surface area contributed by atoms with Gasteiger partial charge in [0.25, 0.3) is 0 Å². The normalized spacial score (nSPS) is 17.9. The van der Waals surface area contributed by atoms with E-state index < -0.39 is 0 Å². The van der Waals surface area contributed by atoms with Crippen LogP contribution >= 0.6 is 0 Å². The van der Waals surface area contributed by atoms with Gasteiger partial charge in [-0.3, -0.25) is 0 Å². The second-order valence-electron chi connectivity index (χ2n) is 5.84. The molecule has 0 heterocycles. The van der Waals surface area contributed by atoms with Gasteiger partial charge in [-0.15, -0.1) is 0 Å². The van der Waals surface area contributed by atoms with Crippen molar-refractivity contribution in [1.29, 1.82) is 0 Å². The quantitative estimate of drug-likeness (QED) is 0.864. The third kappa shape index (κ3) is 3.49. The van der Waals surface area contributed by atoms with E-state index in [-0.39, 0.29) is 6.04 Å². The van der Waals surface area contributed by atoms with Gasteiger partial charge in [0.05, 0.1) is 0 Å². The average molecular weight is 246 g/mol. The summed E-state index contributed by atoms with van der Waals surface area (Å²) in [6, 6.07) is 8.91. The third-order valence-corrected chi connectivity index (χ3v) is 3.95. The molecular weight excluding hydrogens is 220 g/mol. The lowest BCUT2D eigenvalue weighted by atomic mass is 10.0. The van der Waals surface area contributed by atoms with Gasteiger partial charge >= 0.3 is 0 Å². The number of nitrogens with two attached hydrogens (primary N) is 1. The van der Waals surface area contributed by atoms with Gasteiger partial charge in [-0.2, -0.15) is 0 Å². The van der Waals surface area contributed by atoms with Crippen LogP contribution in [0.2, 0.25) is 0 Å². The Bertz CT molecular complexity index is 367. The lowest BCUT2D eigenvalue weighted by molar-refractivity contribution is 0.546. The van der Waals surface area contributed by atoms with Crippen LogP contribution in [0.5, 0.6) is 0 Å². The lowest BCUT2D eigenvalue weighted by Gasteiger charge is -2.26. The molecule has 1 aromatic carbocycles. The molecule has 2 nitrogen and oxygen atoms in total. The number of hydrogen-bond acceptors (Lipinski definition) is 2. The van der Waals surface area contributed by atoms with Gasteiger partial charge in [0.1, 0.15) is 0 Å². The highest BCUT2D eigenvalue weighted by Gasteiger charge is 2.18. The first kappa shape index (κ1) is 13.4. The number of para-hydroxylation sites is 1. The Kier molecular flexibility index (Phi) is 4.65. The van der Waals surface area contributed by atoms with Crippen LogP contribution in [0, 0.1) is 5.92 Å². The van der Waals surface area contributed by atoms with Crippen molar-refractivity contribution < 1.29 is 0 Å². The van der Waals surface area contributed by atoms with Crippen LogP contribution in [0.3, 0.4) is 0 Å². The van der Waals surface area contributed by atoms with E-state index in [1.165, 1.54) is 43.5 Å². The Morgan fingerprint density at radius 2 is 1.94 bits per heavy atom. The van der Waals surface area contributed by atoms with Crippen molar-refractivity contribution in [2.75, 3.05) is 18.5 Å². The van der Waals surface area contributed by atoms with E-state index in [0.29, 0.717) is 0 Å². The zero-order valence-electron chi connectivity index (χ0n) is 11.7. The maximum atomic E-state index is 5.94. The number of hydrogen-bond donors (Lipinski definition) is 1. The average Bonchev–Trinajstić information content (AvgIpc) is 2.81. The summed E-state index contributed by atoms with van der Waals surface area (Å²) in [7, 11) is 2.22. The standard InChI is InChI=1S/C16H26N2/c1-13(17)11-15-9-5-6-10-16(15)18(2)12-14-7-3-4-8-14/h5-6,9-10,13-14H,3-4,7-8,11-12,17H2,1-2H3. The minimum Gasteiger partial charge on any atom is -0.374 e. The van der Waals surface area contributed by atoms with Crippen molar-refractivity contribution in [2.24, 2.45) is 11.7 Å². The summed E-state index contributed by atoms with van der Waals surface area (Å²) in [5.41, 5.74) is 8.68. The Morgan fingerprint density at radius 1 is 1.28 bits per heavy atom. The molecule has 2 N–H and O–H groups in total. The molecule has 0 saturated heterocycles. The van der Waals surface area contributed by atoms with E-state index >= 15 is 0 Å². The number of benzene rings is 1. The Morgan fingerprint density at radius 3 is 2.61 bits per heavy atom. The number of rotatable bonds is 5. The van der Waals surface area contributed by atoms with Crippen LogP contribution in [-0.4, -0.2) is 19.6 Å². The van der Waals surface area contributed by atoms with Gasteiger partial charge in [0.2, 0.25) is 0 Å². The molecule has 0 spiro atoms. The van der Waals surface area contributed by atoms with Gasteiger partial charge in [0, 0.05) is 25.3 Å². The minimum atomic E-state index is 0.228. The highest BCUT2D eigenvalue weighted by atomic mass is 15.1. The minimum absolute atomic E-state index is 0.228. The molecule has 1 aliphatic rings.